The van der Waals surface area contributed by atoms with E-state index in [0.717, 1.165) is 21.7 Å². The molecule has 0 unspecified atom stereocenters. The van der Waals surface area contributed by atoms with Crippen LogP contribution in [0.15, 0.2) is 77.7 Å². The van der Waals surface area contributed by atoms with Crippen molar-refractivity contribution in [3.63, 3.8) is 0 Å². The fourth-order valence-electron chi connectivity index (χ4n) is 2.72. The van der Waals surface area contributed by atoms with Crippen LogP contribution in [0, 0.1) is 13.8 Å². The predicted molar refractivity (Wildman–Crippen MR) is 116 cm³/mol. The summed E-state index contributed by atoms with van der Waals surface area (Å²) in [4.78, 5) is 25.5. The van der Waals surface area contributed by atoms with Crippen molar-refractivity contribution in [2.75, 3.05) is 16.4 Å². The normalized spacial score (nSPS) is 10.4. The molecule has 0 saturated heterocycles. The van der Waals surface area contributed by atoms with Crippen molar-refractivity contribution in [1.29, 1.82) is 0 Å². The first-order valence-corrected chi connectivity index (χ1v) is 9.95. The molecule has 0 radical (unpaired) electrons. The summed E-state index contributed by atoms with van der Waals surface area (Å²) in [6.45, 7) is 3.94. The van der Waals surface area contributed by atoms with E-state index in [1.807, 2.05) is 80.6 Å². The van der Waals surface area contributed by atoms with Gasteiger partial charge in [-0.05, 0) is 61.9 Å². The Labute approximate surface area is 169 Å². The zero-order chi connectivity index (χ0) is 19.9. The third kappa shape index (κ3) is 5.72. The second kappa shape index (κ2) is 9.24. The highest BCUT2D eigenvalue weighted by atomic mass is 32.2. The monoisotopic (exact) mass is 390 g/mol. The van der Waals surface area contributed by atoms with E-state index in [-0.39, 0.29) is 11.8 Å². The van der Waals surface area contributed by atoms with E-state index in [4.69, 9.17) is 0 Å². The maximum absolute atomic E-state index is 12.4. The van der Waals surface area contributed by atoms with Gasteiger partial charge in [0.1, 0.15) is 0 Å². The number of hydrogen-bond donors (Lipinski definition) is 2. The average Bonchev–Trinajstić information content (AvgIpc) is 2.67. The van der Waals surface area contributed by atoms with Gasteiger partial charge >= 0.3 is 0 Å². The molecule has 0 aromatic heterocycles. The van der Waals surface area contributed by atoms with E-state index in [0.29, 0.717) is 17.0 Å². The summed E-state index contributed by atoms with van der Waals surface area (Å²) < 4.78 is 0. The molecule has 0 fully saturated rings. The van der Waals surface area contributed by atoms with Crippen molar-refractivity contribution in [2.24, 2.45) is 0 Å². The van der Waals surface area contributed by atoms with Gasteiger partial charge in [-0.3, -0.25) is 9.59 Å². The molecule has 5 heteroatoms. The van der Waals surface area contributed by atoms with Gasteiger partial charge in [0.05, 0.1) is 5.75 Å². The Morgan fingerprint density at radius 3 is 2.14 bits per heavy atom. The molecule has 0 heterocycles. The Balaban J connectivity index is 1.57. The zero-order valence-electron chi connectivity index (χ0n) is 15.9. The second-order valence-electron chi connectivity index (χ2n) is 6.56. The molecule has 0 aliphatic heterocycles. The van der Waals surface area contributed by atoms with Crippen LogP contribution in [-0.2, 0) is 4.79 Å². The van der Waals surface area contributed by atoms with Gasteiger partial charge in [-0.2, -0.15) is 0 Å². The SMILES string of the molecule is Cc1cccc(NC(=O)CSc2cccc(NC(=O)c3cccc(C)c3)c2)c1. The number of anilines is 2. The Kier molecular flexibility index (Phi) is 6.50. The van der Waals surface area contributed by atoms with Gasteiger partial charge in [0.15, 0.2) is 0 Å². The summed E-state index contributed by atoms with van der Waals surface area (Å²) in [5, 5.41) is 5.80. The minimum atomic E-state index is -0.150. The Hall–Kier alpha value is -3.05. The molecule has 4 nitrogen and oxygen atoms in total. The summed E-state index contributed by atoms with van der Waals surface area (Å²) >= 11 is 1.43. The largest absolute Gasteiger partial charge is 0.325 e. The van der Waals surface area contributed by atoms with Crippen molar-refractivity contribution < 1.29 is 9.59 Å². The van der Waals surface area contributed by atoms with Crippen LogP contribution in [-0.4, -0.2) is 17.6 Å². The average molecular weight is 391 g/mol. The van der Waals surface area contributed by atoms with Gasteiger partial charge in [0.25, 0.3) is 5.91 Å². The molecule has 0 spiro atoms. The molecule has 3 rings (SSSR count). The van der Waals surface area contributed by atoms with Crippen molar-refractivity contribution >= 4 is 35.0 Å². The maximum atomic E-state index is 12.4. The van der Waals surface area contributed by atoms with Gasteiger partial charge < -0.3 is 10.6 Å². The lowest BCUT2D eigenvalue weighted by Gasteiger charge is -2.09. The number of amides is 2. The molecule has 2 N–H and O–H groups in total. The van der Waals surface area contributed by atoms with E-state index in [9.17, 15) is 9.59 Å². The molecule has 28 heavy (non-hydrogen) atoms. The van der Waals surface area contributed by atoms with E-state index in [2.05, 4.69) is 10.6 Å². The van der Waals surface area contributed by atoms with Gasteiger partial charge in [-0.25, -0.2) is 0 Å². The van der Waals surface area contributed by atoms with Gasteiger partial charge in [0.2, 0.25) is 5.91 Å². The van der Waals surface area contributed by atoms with Crippen molar-refractivity contribution in [2.45, 2.75) is 18.7 Å². The number of thioether (sulfide) groups is 1. The minimum absolute atomic E-state index is 0.0650. The molecule has 142 valence electrons. The Morgan fingerprint density at radius 2 is 1.43 bits per heavy atom. The van der Waals surface area contributed by atoms with Gasteiger partial charge in [-0.1, -0.05) is 35.9 Å². The van der Waals surface area contributed by atoms with E-state index >= 15 is 0 Å². The van der Waals surface area contributed by atoms with Crippen LogP contribution >= 0.6 is 11.8 Å². The summed E-state index contributed by atoms with van der Waals surface area (Å²) in [6, 6.07) is 22.7. The van der Waals surface area contributed by atoms with Gasteiger partial charge in [-0.15, -0.1) is 11.8 Å². The minimum Gasteiger partial charge on any atom is -0.325 e. The van der Waals surface area contributed by atoms with Crippen LogP contribution in [0.4, 0.5) is 11.4 Å². The number of hydrogen-bond acceptors (Lipinski definition) is 3. The summed E-state index contributed by atoms with van der Waals surface area (Å²) in [5.74, 6) is 0.0799. The smallest absolute Gasteiger partial charge is 0.255 e. The topological polar surface area (TPSA) is 58.2 Å². The van der Waals surface area contributed by atoms with Crippen molar-refractivity contribution in [3.8, 4) is 0 Å². The number of nitrogens with one attached hydrogen (secondary N) is 2. The summed E-state index contributed by atoms with van der Waals surface area (Å²) in [6.07, 6.45) is 0. The quantitative estimate of drug-likeness (QED) is 0.563. The molecule has 3 aromatic carbocycles. The molecule has 0 bridgehead atoms. The fourth-order valence-corrected chi connectivity index (χ4v) is 3.48. The lowest BCUT2D eigenvalue weighted by atomic mass is 10.1. The van der Waals surface area contributed by atoms with Crippen molar-refractivity contribution in [1.82, 2.24) is 0 Å². The van der Waals surface area contributed by atoms with Crippen LogP contribution in [0.1, 0.15) is 21.5 Å². The molecule has 0 atom stereocenters. The Morgan fingerprint density at radius 1 is 0.786 bits per heavy atom. The molecule has 3 aromatic rings. The third-order valence-corrected chi connectivity index (χ3v) is 5.04. The molecule has 0 aliphatic rings. The van der Waals surface area contributed by atoms with Crippen LogP contribution in [0.2, 0.25) is 0 Å². The molecular weight excluding hydrogens is 368 g/mol. The molecule has 0 saturated carbocycles. The first-order valence-electron chi connectivity index (χ1n) is 8.97. The summed E-state index contributed by atoms with van der Waals surface area (Å²) in [7, 11) is 0. The second-order valence-corrected chi connectivity index (χ2v) is 7.61. The summed E-state index contributed by atoms with van der Waals surface area (Å²) in [5.41, 5.74) is 4.26. The number of rotatable bonds is 6. The first kappa shape index (κ1) is 19.7. The van der Waals surface area contributed by atoms with Crippen LogP contribution in [0.25, 0.3) is 0 Å². The van der Waals surface area contributed by atoms with Gasteiger partial charge in [0, 0.05) is 21.8 Å². The molecule has 0 aliphatic carbocycles. The highest BCUT2D eigenvalue weighted by Gasteiger charge is 2.08. The van der Waals surface area contributed by atoms with E-state index < -0.39 is 0 Å². The van der Waals surface area contributed by atoms with Crippen LogP contribution < -0.4 is 10.6 Å². The molecule has 2 amide bonds. The lowest BCUT2D eigenvalue weighted by molar-refractivity contribution is -0.113. The highest BCUT2D eigenvalue weighted by Crippen LogP contribution is 2.22. The Bertz CT molecular complexity index is 1000. The van der Waals surface area contributed by atoms with Crippen LogP contribution in [0.5, 0.6) is 0 Å². The maximum Gasteiger partial charge on any atom is 0.255 e. The fraction of sp³-hybridized carbons (Fsp3) is 0.130. The highest BCUT2D eigenvalue weighted by molar-refractivity contribution is 8.00. The third-order valence-electron chi connectivity index (χ3n) is 4.04. The number of carbonyl (C=O) groups is 2. The molecular formula is C23H22N2O2S. The zero-order valence-corrected chi connectivity index (χ0v) is 16.7. The lowest BCUT2D eigenvalue weighted by Crippen LogP contribution is -2.14. The number of aryl methyl sites for hydroxylation is 2. The number of benzene rings is 3. The van der Waals surface area contributed by atoms with Crippen LogP contribution in [0.3, 0.4) is 0 Å². The standard InChI is InChI=1S/C23H22N2O2S/c1-16-6-3-8-18(12-16)23(27)25-20-10-5-11-21(14-20)28-15-22(26)24-19-9-4-7-17(2)13-19/h3-14H,15H2,1-2H3,(H,24,26)(H,25,27). The number of carbonyl (C=O) groups excluding carboxylic acids is 2. The first-order chi connectivity index (χ1) is 13.5. The van der Waals surface area contributed by atoms with Crippen molar-refractivity contribution in [3.05, 3.63) is 89.5 Å². The predicted octanol–water partition coefficient (Wildman–Crippen LogP) is 5.29. The van der Waals surface area contributed by atoms with E-state index in [1.54, 1.807) is 6.07 Å². The van der Waals surface area contributed by atoms with E-state index in [1.165, 1.54) is 11.8 Å².